The van der Waals surface area contributed by atoms with Crippen molar-refractivity contribution in [1.29, 1.82) is 0 Å². The maximum Gasteiger partial charge on any atom is 0.257 e. The summed E-state index contributed by atoms with van der Waals surface area (Å²) in [5.74, 6) is 0.678. The summed E-state index contributed by atoms with van der Waals surface area (Å²) in [7, 11) is 0. The number of aromatic nitrogens is 2. The Morgan fingerprint density at radius 3 is 2.46 bits per heavy atom. The monoisotopic (exact) mass is 349 g/mol. The molecule has 5 nitrogen and oxygen atoms in total. The van der Waals surface area contributed by atoms with Crippen LogP contribution >= 0.6 is 0 Å². The molecule has 1 heterocycles. The van der Waals surface area contributed by atoms with Crippen molar-refractivity contribution >= 4 is 5.91 Å². The van der Waals surface area contributed by atoms with Gasteiger partial charge < -0.3 is 10.1 Å². The van der Waals surface area contributed by atoms with Crippen LogP contribution in [0.5, 0.6) is 5.75 Å². The van der Waals surface area contributed by atoms with Gasteiger partial charge in [0.05, 0.1) is 5.69 Å². The summed E-state index contributed by atoms with van der Waals surface area (Å²) < 4.78 is 7.48. The summed E-state index contributed by atoms with van der Waals surface area (Å²) in [6.07, 6.45) is 4.43. The molecule has 0 spiro atoms. The molecule has 0 saturated carbocycles. The number of rotatable bonds is 7. The standard InChI is InChI=1S/C21H23N3O2/c1-16-5-3-6-17(2)21(16)26-15-20(25)22-13-11-18-7-9-19(10-8-18)24-14-4-12-23-24/h3-10,12,14H,11,13,15H2,1-2H3,(H,22,25). The van der Waals surface area contributed by atoms with Gasteiger partial charge >= 0.3 is 0 Å². The average Bonchev–Trinajstić information content (AvgIpc) is 3.16. The Bertz CT molecular complexity index is 835. The maximum absolute atomic E-state index is 12.0. The van der Waals surface area contributed by atoms with Crippen LogP contribution in [0.1, 0.15) is 16.7 Å². The van der Waals surface area contributed by atoms with Crippen LogP contribution in [-0.2, 0) is 11.2 Å². The summed E-state index contributed by atoms with van der Waals surface area (Å²) in [6.45, 7) is 4.57. The van der Waals surface area contributed by atoms with Gasteiger partial charge in [-0.05, 0) is 55.2 Å². The molecule has 0 radical (unpaired) electrons. The van der Waals surface area contributed by atoms with Crippen LogP contribution in [-0.4, -0.2) is 28.8 Å². The Balaban J connectivity index is 1.44. The van der Waals surface area contributed by atoms with Gasteiger partial charge in [-0.15, -0.1) is 0 Å². The van der Waals surface area contributed by atoms with Crippen molar-refractivity contribution < 1.29 is 9.53 Å². The normalized spacial score (nSPS) is 10.5. The molecule has 0 aliphatic carbocycles. The zero-order chi connectivity index (χ0) is 18.4. The largest absolute Gasteiger partial charge is 0.483 e. The van der Waals surface area contributed by atoms with E-state index in [-0.39, 0.29) is 12.5 Å². The summed E-state index contributed by atoms with van der Waals surface area (Å²) in [6, 6.07) is 16.0. The molecule has 0 aliphatic heterocycles. The zero-order valence-electron chi connectivity index (χ0n) is 15.1. The number of benzene rings is 2. The lowest BCUT2D eigenvalue weighted by atomic mass is 10.1. The molecule has 5 heteroatoms. The SMILES string of the molecule is Cc1cccc(C)c1OCC(=O)NCCc1ccc(-n2cccn2)cc1. The predicted molar refractivity (Wildman–Crippen MR) is 102 cm³/mol. The maximum atomic E-state index is 12.0. The van der Waals surface area contributed by atoms with Crippen molar-refractivity contribution in [3.63, 3.8) is 0 Å². The first-order chi connectivity index (χ1) is 12.6. The van der Waals surface area contributed by atoms with E-state index in [0.717, 1.165) is 34.5 Å². The molecule has 1 amide bonds. The molecule has 2 aromatic carbocycles. The number of carbonyl (C=O) groups excluding carboxylic acids is 1. The molecule has 1 aromatic heterocycles. The highest BCUT2D eigenvalue weighted by Crippen LogP contribution is 2.21. The molecule has 26 heavy (non-hydrogen) atoms. The van der Waals surface area contributed by atoms with E-state index >= 15 is 0 Å². The van der Waals surface area contributed by atoms with Gasteiger partial charge in [-0.25, -0.2) is 4.68 Å². The molecule has 0 saturated heterocycles. The number of hydrogen-bond acceptors (Lipinski definition) is 3. The lowest BCUT2D eigenvalue weighted by molar-refractivity contribution is -0.123. The van der Waals surface area contributed by atoms with Gasteiger partial charge in [0.2, 0.25) is 0 Å². The molecule has 0 bridgehead atoms. The number of amides is 1. The Labute approximate surface area is 153 Å². The number of aryl methyl sites for hydroxylation is 2. The average molecular weight is 349 g/mol. The lowest BCUT2D eigenvalue weighted by Gasteiger charge is -2.12. The van der Waals surface area contributed by atoms with Crippen LogP contribution in [0.15, 0.2) is 60.9 Å². The minimum Gasteiger partial charge on any atom is -0.483 e. The fourth-order valence-electron chi connectivity index (χ4n) is 2.80. The van der Waals surface area contributed by atoms with Crippen LogP contribution < -0.4 is 10.1 Å². The summed E-state index contributed by atoms with van der Waals surface area (Å²) in [5, 5.41) is 7.11. The van der Waals surface area contributed by atoms with Crippen LogP contribution in [0.3, 0.4) is 0 Å². The van der Waals surface area contributed by atoms with Crippen LogP contribution in [0.2, 0.25) is 0 Å². The third-order valence-corrected chi connectivity index (χ3v) is 4.20. The molecule has 3 aromatic rings. The van der Waals surface area contributed by atoms with Crippen molar-refractivity contribution in [3.05, 3.63) is 77.6 Å². The minimum atomic E-state index is -0.110. The highest BCUT2D eigenvalue weighted by Gasteiger charge is 2.07. The third-order valence-electron chi connectivity index (χ3n) is 4.20. The third kappa shape index (κ3) is 4.51. The fraction of sp³-hybridized carbons (Fsp3) is 0.238. The van der Waals surface area contributed by atoms with E-state index in [1.54, 1.807) is 6.20 Å². The summed E-state index contributed by atoms with van der Waals surface area (Å²) in [4.78, 5) is 12.0. The zero-order valence-corrected chi connectivity index (χ0v) is 15.1. The molecule has 0 aliphatic rings. The molecule has 0 atom stereocenters. The molecule has 134 valence electrons. The van der Waals surface area contributed by atoms with E-state index in [4.69, 9.17) is 4.74 Å². The molecular formula is C21H23N3O2. The van der Waals surface area contributed by atoms with Gasteiger partial charge in [0.25, 0.3) is 5.91 Å². The van der Waals surface area contributed by atoms with Crippen molar-refractivity contribution in [3.8, 4) is 11.4 Å². The molecule has 3 rings (SSSR count). The van der Waals surface area contributed by atoms with Crippen molar-refractivity contribution in [1.82, 2.24) is 15.1 Å². The summed E-state index contributed by atoms with van der Waals surface area (Å²) in [5.41, 5.74) is 4.26. The van der Waals surface area contributed by atoms with Crippen molar-refractivity contribution in [2.24, 2.45) is 0 Å². The van der Waals surface area contributed by atoms with Gasteiger partial charge in [-0.2, -0.15) is 5.10 Å². The minimum absolute atomic E-state index is 0.0317. The Morgan fingerprint density at radius 1 is 1.08 bits per heavy atom. The van der Waals surface area contributed by atoms with Crippen LogP contribution in [0.4, 0.5) is 0 Å². The van der Waals surface area contributed by atoms with Gasteiger partial charge in [0.15, 0.2) is 6.61 Å². The smallest absolute Gasteiger partial charge is 0.257 e. The van der Waals surface area contributed by atoms with Crippen molar-refractivity contribution in [2.75, 3.05) is 13.2 Å². The van der Waals surface area contributed by atoms with E-state index in [1.807, 2.05) is 61.1 Å². The first-order valence-electron chi connectivity index (χ1n) is 8.68. The number of ether oxygens (including phenoxy) is 1. The number of hydrogen-bond donors (Lipinski definition) is 1. The van der Waals surface area contributed by atoms with Gasteiger partial charge in [-0.3, -0.25) is 4.79 Å². The van der Waals surface area contributed by atoms with E-state index in [9.17, 15) is 4.79 Å². The van der Waals surface area contributed by atoms with E-state index in [2.05, 4.69) is 22.5 Å². The first kappa shape index (κ1) is 17.7. The second kappa shape index (κ2) is 8.34. The van der Waals surface area contributed by atoms with Crippen LogP contribution in [0.25, 0.3) is 5.69 Å². The highest BCUT2D eigenvalue weighted by molar-refractivity contribution is 5.77. The number of nitrogens with zero attached hydrogens (tertiary/aromatic N) is 2. The second-order valence-corrected chi connectivity index (χ2v) is 6.23. The quantitative estimate of drug-likeness (QED) is 0.712. The summed E-state index contributed by atoms with van der Waals surface area (Å²) >= 11 is 0. The molecular weight excluding hydrogens is 326 g/mol. The Kier molecular flexibility index (Phi) is 5.69. The lowest BCUT2D eigenvalue weighted by Crippen LogP contribution is -2.30. The second-order valence-electron chi connectivity index (χ2n) is 6.23. The topological polar surface area (TPSA) is 56.1 Å². The Hall–Kier alpha value is -3.08. The number of carbonyl (C=O) groups is 1. The van der Waals surface area contributed by atoms with Gasteiger partial charge in [0.1, 0.15) is 5.75 Å². The van der Waals surface area contributed by atoms with E-state index in [0.29, 0.717) is 6.54 Å². The van der Waals surface area contributed by atoms with E-state index < -0.39 is 0 Å². The predicted octanol–water partition coefficient (Wildman–Crippen LogP) is 3.23. The first-order valence-corrected chi connectivity index (χ1v) is 8.68. The van der Waals surface area contributed by atoms with Gasteiger partial charge in [0, 0.05) is 18.9 Å². The molecule has 1 N–H and O–H groups in total. The van der Waals surface area contributed by atoms with Gasteiger partial charge in [-0.1, -0.05) is 30.3 Å². The highest BCUT2D eigenvalue weighted by atomic mass is 16.5. The Morgan fingerprint density at radius 2 is 1.81 bits per heavy atom. The number of nitrogens with one attached hydrogen (secondary N) is 1. The molecule has 0 fully saturated rings. The van der Waals surface area contributed by atoms with E-state index in [1.165, 1.54) is 0 Å². The molecule has 0 unspecified atom stereocenters. The fourth-order valence-corrected chi connectivity index (χ4v) is 2.80. The van der Waals surface area contributed by atoms with Crippen LogP contribution in [0, 0.1) is 13.8 Å². The number of para-hydroxylation sites is 1. The van der Waals surface area contributed by atoms with Crippen molar-refractivity contribution in [2.45, 2.75) is 20.3 Å².